The Bertz CT molecular complexity index is 772. The number of thioether (sulfide) groups is 1. The van der Waals surface area contributed by atoms with E-state index in [0.29, 0.717) is 18.2 Å². The molecular weight excluding hydrogens is 368 g/mol. The molecule has 6 nitrogen and oxygen atoms in total. The molecule has 0 saturated heterocycles. The molecule has 1 aliphatic rings. The Hall–Kier alpha value is -1.93. The van der Waals surface area contributed by atoms with Crippen LogP contribution in [0.25, 0.3) is 0 Å². The van der Waals surface area contributed by atoms with Crippen LogP contribution in [0.15, 0.2) is 28.6 Å². The van der Waals surface area contributed by atoms with Gasteiger partial charge in [0, 0.05) is 25.1 Å². The fourth-order valence-corrected chi connectivity index (χ4v) is 4.43. The molecule has 1 atom stereocenters. The third-order valence-corrected chi connectivity index (χ3v) is 6.02. The summed E-state index contributed by atoms with van der Waals surface area (Å²) in [4.78, 5) is 23.5. The van der Waals surface area contributed by atoms with Crippen molar-refractivity contribution in [3.63, 3.8) is 0 Å². The molecule has 1 aromatic heterocycles. The van der Waals surface area contributed by atoms with Gasteiger partial charge in [-0.3, -0.25) is 9.59 Å². The first-order chi connectivity index (χ1) is 12.5. The fourth-order valence-electron chi connectivity index (χ4n) is 2.38. The zero-order valence-electron chi connectivity index (χ0n) is 14.8. The maximum atomic E-state index is 12.6. The molecule has 1 heterocycles. The molecule has 1 aliphatic carbocycles. The van der Waals surface area contributed by atoms with Crippen LogP contribution in [-0.4, -0.2) is 39.7 Å². The molecule has 1 fully saturated rings. The Labute approximate surface area is 161 Å². The average molecular weight is 391 g/mol. The topological polar surface area (TPSA) is 84.0 Å². The van der Waals surface area contributed by atoms with Gasteiger partial charge in [-0.25, -0.2) is 0 Å². The summed E-state index contributed by atoms with van der Waals surface area (Å²) in [5.41, 5.74) is 1.78. The normalized spacial score (nSPS) is 14.7. The van der Waals surface area contributed by atoms with Gasteiger partial charge < -0.3 is 10.6 Å². The van der Waals surface area contributed by atoms with Crippen molar-refractivity contribution in [2.24, 2.45) is 0 Å². The number of anilines is 1. The van der Waals surface area contributed by atoms with E-state index >= 15 is 0 Å². The molecule has 138 valence electrons. The number of nitrogens with one attached hydrogen (secondary N) is 2. The van der Waals surface area contributed by atoms with Gasteiger partial charge in [0.2, 0.25) is 11.0 Å². The molecule has 0 bridgehead atoms. The van der Waals surface area contributed by atoms with Crippen LogP contribution in [0.4, 0.5) is 5.13 Å². The molecule has 8 heteroatoms. The third kappa shape index (κ3) is 5.54. The van der Waals surface area contributed by atoms with Gasteiger partial charge in [-0.2, -0.15) is 0 Å². The third-order valence-electron chi connectivity index (χ3n) is 3.98. The summed E-state index contributed by atoms with van der Waals surface area (Å²) in [5, 5.41) is 15.0. The molecule has 26 heavy (non-hydrogen) atoms. The minimum absolute atomic E-state index is 0.0326. The van der Waals surface area contributed by atoms with Crippen LogP contribution in [0.5, 0.6) is 0 Å². The van der Waals surface area contributed by atoms with E-state index in [-0.39, 0.29) is 16.9 Å². The fraction of sp³-hybridized carbons (Fsp3) is 0.444. The Balaban J connectivity index is 1.52. The van der Waals surface area contributed by atoms with Gasteiger partial charge >= 0.3 is 0 Å². The number of amides is 1. The predicted molar refractivity (Wildman–Crippen MR) is 105 cm³/mol. The van der Waals surface area contributed by atoms with E-state index < -0.39 is 0 Å². The molecule has 1 aromatic carbocycles. The van der Waals surface area contributed by atoms with Crippen LogP contribution in [0.1, 0.15) is 42.6 Å². The van der Waals surface area contributed by atoms with Crippen molar-refractivity contribution in [3.8, 4) is 0 Å². The second-order valence-corrected chi connectivity index (χ2v) is 8.91. The standard InChI is InChI=1S/C18H22N4O2S2/c1-11(25-18-22-21-17(26-18)20-15-7-8-15)16(24)14-5-3-13(4-6-14)9-10-19-12(2)23/h3-6,11,15H,7-10H2,1-2H3,(H,19,23)(H,20,21). The molecule has 0 aliphatic heterocycles. The van der Waals surface area contributed by atoms with E-state index in [1.807, 2.05) is 31.2 Å². The van der Waals surface area contributed by atoms with Crippen molar-refractivity contribution in [2.45, 2.75) is 48.7 Å². The number of carbonyl (C=O) groups excluding carboxylic acids is 2. The van der Waals surface area contributed by atoms with E-state index in [2.05, 4.69) is 20.8 Å². The lowest BCUT2D eigenvalue weighted by atomic mass is 10.0. The monoisotopic (exact) mass is 390 g/mol. The van der Waals surface area contributed by atoms with Crippen molar-refractivity contribution in [1.82, 2.24) is 15.5 Å². The van der Waals surface area contributed by atoms with Crippen molar-refractivity contribution >= 4 is 39.9 Å². The molecular formula is C18H22N4O2S2. The van der Waals surface area contributed by atoms with Crippen LogP contribution < -0.4 is 10.6 Å². The molecule has 1 unspecified atom stereocenters. The maximum Gasteiger partial charge on any atom is 0.216 e. The second-order valence-electron chi connectivity index (χ2n) is 6.35. The number of ketones is 1. The highest BCUT2D eigenvalue weighted by atomic mass is 32.2. The van der Waals surface area contributed by atoms with Crippen molar-refractivity contribution in [3.05, 3.63) is 35.4 Å². The number of carbonyl (C=O) groups is 2. The highest BCUT2D eigenvalue weighted by Crippen LogP contribution is 2.32. The first-order valence-electron chi connectivity index (χ1n) is 8.65. The molecule has 2 aromatic rings. The Morgan fingerprint density at radius 3 is 2.65 bits per heavy atom. The van der Waals surface area contributed by atoms with E-state index in [0.717, 1.165) is 21.5 Å². The van der Waals surface area contributed by atoms with Gasteiger partial charge in [-0.05, 0) is 31.7 Å². The van der Waals surface area contributed by atoms with Gasteiger partial charge in [0.25, 0.3) is 0 Å². The molecule has 2 N–H and O–H groups in total. The zero-order chi connectivity index (χ0) is 18.5. The number of benzene rings is 1. The molecule has 0 spiro atoms. The smallest absolute Gasteiger partial charge is 0.216 e. The molecule has 3 rings (SSSR count). The summed E-state index contributed by atoms with van der Waals surface area (Å²) in [6.45, 7) is 4.00. The maximum absolute atomic E-state index is 12.6. The van der Waals surface area contributed by atoms with Crippen molar-refractivity contribution < 1.29 is 9.59 Å². The lowest BCUT2D eigenvalue weighted by Gasteiger charge is -2.09. The van der Waals surface area contributed by atoms with Gasteiger partial charge in [-0.1, -0.05) is 47.4 Å². The van der Waals surface area contributed by atoms with Crippen LogP contribution >= 0.6 is 23.1 Å². The summed E-state index contributed by atoms with van der Waals surface area (Å²) in [7, 11) is 0. The van der Waals surface area contributed by atoms with Crippen molar-refractivity contribution in [1.29, 1.82) is 0 Å². The van der Waals surface area contributed by atoms with E-state index in [1.54, 1.807) is 0 Å². The first kappa shape index (κ1) is 18.8. The van der Waals surface area contributed by atoms with Gasteiger partial charge in [0.05, 0.1) is 5.25 Å². The van der Waals surface area contributed by atoms with Crippen molar-refractivity contribution in [2.75, 3.05) is 11.9 Å². The quantitative estimate of drug-likeness (QED) is 0.505. The highest BCUT2D eigenvalue weighted by Gasteiger charge is 2.23. The highest BCUT2D eigenvalue weighted by molar-refractivity contribution is 8.02. The lowest BCUT2D eigenvalue weighted by molar-refractivity contribution is -0.118. The summed E-state index contributed by atoms with van der Waals surface area (Å²) in [5.74, 6) is 0.0464. The van der Waals surface area contributed by atoms with E-state index in [1.165, 1.54) is 42.9 Å². The number of rotatable bonds is 9. The van der Waals surface area contributed by atoms with Crippen LogP contribution in [0.3, 0.4) is 0 Å². The van der Waals surface area contributed by atoms with Crippen LogP contribution in [0, 0.1) is 0 Å². The van der Waals surface area contributed by atoms with Gasteiger partial charge in [0.1, 0.15) is 0 Å². The summed E-state index contributed by atoms with van der Waals surface area (Å²) >= 11 is 2.94. The number of nitrogens with zero attached hydrogens (tertiary/aromatic N) is 2. The zero-order valence-corrected chi connectivity index (χ0v) is 16.5. The Kier molecular flexibility index (Phi) is 6.26. The Morgan fingerprint density at radius 2 is 2.00 bits per heavy atom. The van der Waals surface area contributed by atoms with E-state index in [4.69, 9.17) is 0 Å². The van der Waals surface area contributed by atoms with Crippen LogP contribution in [-0.2, 0) is 11.2 Å². The van der Waals surface area contributed by atoms with Gasteiger partial charge in [0.15, 0.2) is 10.1 Å². The summed E-state index contributed by atoms with van der Waals surface area (Å²) in [6.07, 6.45) is 3.13. The van der Waals surface area contributed by atoms with Crippen LogP contribution in [0.2, 0.25) is 0 Å². The summed E-state index contributed by atoms with van der Waals surface area (Å²) in [6, 6.07) is 8.12. The SMILES string of the molecule is CC(=O)NCCc1ccc(C(=O)C(C)Sc2nnc(NC3CC3)s2)cc1. The molecule has 1 saturated carbocycles. The van der Waals surface area contributed by atoms with E-state index in [9.17, 15) is 9.59 Å². The largest absolute Gasteiger partial charge is 0.357 e. The minimum Gasteiger partial charge on any atom is -0.357 e. The average Bonchev–Trinajstić information content (AvgIpc) is 3.32. The molecule has 1 amide bonds. The predicted octanol–water partition coefficient (Wildman–Crippen LogP) is 3.15. The Morgan fingerprint density at radius 1 is 1.27 bits per heavy atom. The number of hydrogen-bond acceptors (Lipinski definition) is 7. The summed E-state index contributed by atoms with van der Waals surface area (Å²) < 4.78 is 0.806. The number of aromatic nitrogens is 2. The lowest BCUT2D eigenvalue weighted by Crippen LogP contribution is -2.22. The number of Topliss-reactive ketones (excluding diaryl/α,β-unsaturated/α-hetero) is 1. The minimum atomic E-state index is -0.220. The molecule has 0 radical (unpaired) electrons. The second kappa shape index (κ2) is 8.64. The first-order valence-corrected chi connectivity index (χ1v) is 10.3. The number of hydrogen-bond donors (Lipinski definition) is 2. The van der Waals surface area contributed by atoms with Gasteiger partial charge in [-0.15, -0.1) is 10.2 Å².